The maximum atomic E-state index is 12.7. The van der Waals surface area contributed by atoms with Crippen LogP contribution in [0.4, 0.5) is 4.79 Å². The van der Waals surface area contributed by atoms with Crippen LogP contribution in [0.15, 0.2) is 23.4 Å². The Morgan fingerprint density at radius 2 is 1.94 bits per heavy atom. The number of carbonyl (C=O) groups is 3. The molecule has 3 heterocycles. The van der Waals surface area contributed by atoms with Crippen molar-refractivity contribution < 1.29 is 14.4 Å². The molecule has 4 rings (SSSR count). The van der Waals surface area contributed by atoms with Crippen molar-refractivity contribution in [3.8, 4) is 5.69 Å². The largest absolute Gasteiger partial charge is 0.342 e. The number of imide groups is 1. The van der Waals surface area contributed by atoms with Gasteiger partial charge in [0.25, 0.3) is 0 Å². The number of urea groups is 1. The molecule has 0 saturated carbocycles. The third-order valence-corrected chi connectivity index (χ3v) is 6.70. The molecule has 2 aromatic rings. The zero-order valence-corrected chi connectivity index (χ0v) is 19.2. The summed E-state index contributed by atoms with van der Waals surface area (Å²) in [6, 6.07) is 5.28. The van der Waals surface area contributed by atoms with Gasteiger partial charge in [0.15, 0.2) is 5.16 Å². The number of benzene rings is 1. The van der Waals surface area contributed by atoms with Crippen molar-refractivity contribution in [3.63, 3.8) is 0 Å². The van der Waals surface area contributed by atoms with Crippen molar-refractivity contribution in [1.29, 1.82) is 0 Å². The summed E-state index contributed by atoms with van der Waals surface area (Å²) in [4.78, 5) is 38.1. The molecule has 2 fully saturated rings. The number of amides is 4. The molecule has 0 radical (unpaired) electrons. The van der Waals surface area contributed by atoms with Crippen LogP contribution >= 0.6 is 11.8 Å². The van der Waals surface area contributed by atoms with E-state index in [4.69, 9.17) is 0 Å². The second-order valence-electron chi connectivity index (χ2n) is 8.38. The predicted molar refractivity (Wildman–Crippen MR) is 121 cm³/mol. The smallest absolute Gasteiger partial charge is 0.321 e. The standard InChI is InChI=1S/C22H28N6O3S/c1-14-6-7-15(2)17(10-14)28-18(11-16-12-19(29)24-21(31)23-16)25-26-22(28)32-13-20(30)27-8-4-3-5-9-27/h6-7,10,16H,3-5,8-9,11-13H2,1-2H3,(H2,23,24,29,31). The molecule has 1 aromatic heterocycles. The molecular weight excluding hydrogens is 428 g/mol. The molecule has 2 aliphatic rings. The molecule has 0 aliphatic carbocycles. The van der Waals surface area contributed by atoms with Crippen LogP contribution in [0.2, 0.25) is 0 Å². The van der Waals surface area contributed by atoms with Gasteiger partial charge in [-0.3, -0.25) is 19.5 Å². The predicted octanol–water partition coefficient (Wildman–Crippen LogP) is 2.13. The van der Waals surface area contributed by atoms with Gasteiger partial charge in [0.05, 0.1) is 11.4 Å². The molecule has 1 aromatic carbocycles. The lowest BCUT2D eigenvalue weighted by Gasteiger charge is -2.26. The Bertz CT molecular complexity index is 1010. The summed E-state index contributed by atoms with van der Waals surface area (Å²) in [7, 11) is 0. The molecule has 2 saturated heterocycles. The third kappa shape index (κ3) is 5.12. The van der Waals surface area contributed by atoms with Gasteiger partial charge in [0, 0.05) is 32.0 Å². The van der Waals surface area contributed by atoms with E-state index in [2.05, 4.69) is 26.9 Å². The molecular formula is C22H28N6O3S. The van der Waals surface area contributed by atoms with Crippen molar-refractivity contribution in [1.82, 2.24) is 30.3 Å². The number of nitrogens with zero attached hydrogens (tertiary/aromatic N) is 4. The lowest BCUT2D eigenvalue weighted by atomic mass is 10.1. The molecule has 1 unspecified atom stereocenters. The zero-order chi connectivity index (χ0) is 22.7. The Morgan fingerprint density at radius 3 is 2.69 bits per heavy atom. The van der Waals surface area contributed by atoms with Crippen LogP contribution in [0.3, 0.4) is 0 Å². The van der Waals surface area contributed by atoms with Gasteiger partial charge in [0.2, 0.25) is 11.8 Å². The number of carbonyl (C=O) groups excluding carboxylic acids is 3. The summed E-state index contributed by atoms with van der Waals surface area (Å²) in [5.41, 5.74) is 3.08. The van der Waals surface area contributed by atoms with E-state index in [9.17, 15) is 14.4 Å². The molecule has 2 N–H and O–H groups in total. The second-order valence-corrected chi connectivity index (χ2v) is 9.32. The maximum Gasteiger partial charge on any atom is 0.321 e. The van der Waals surface area contributed by atoms with Gasteiger partial charge < -0.3 is 10.2 Å². The number of aromatic nitrogens is 3. The van der Waals surface area contributed by atoms with E-state index in [1.807, 2.05) is 35.4 Å². The first kappa shape index (κ1) is 22.3. The number of rotatable bonds is 6. The molecule has 32 heavy (non-hydrogen) atoms. The van der Waals surface area contributed by atoms with Gasteiger partial charge >= 0.3 is 6.03 Å². The summed E-state index contributed by atoms with van der Waals surface area (Å²) < 4.78 is 1.95. The lowest BCUT2D eigenvalue weighted by molar-refractivity contribution is -0.129. The normalized spacial score (nSPS) is 18.9. The molecule has 0 bridgehead atoms. The van der Waals surface area contributed by atoms with Crippen LogP contribution in [0.1, 0.15) is 42.6 Å². The fourth-order valence-corrected chi connectivity index (χ4v) is 4.97. The van der Waals surface area contributed by atoms with Crippen molar-refractivity contribution in [2.24, 2.45) is 0 Å². The Balaban J connectivity index is 1.59. The van der Waals surface area contributed by atoms with Crippen LogP contribution < -0.4 is 10.6 Å². The summed E-state index contributed by atoms with van der Waals surface area (Å²) in [5, 5.41) is 14.4. The number of hydrogen-bond donors (Lipinski definition) is 2. The Labute approximate surface area is 191 Å². The fraction of sp³-hybridized carbons (Fsp3) is 0.500. The highest BCUT2D eigenvalue weighted by Gasteiger charge is 2.27. The van der Waals surface area contributed by atoms with E-state index in [1.54, 1.807) is 0 Å². The van der Waals surface area contributed by atoms with E-state index in [-0.39, 0.29) is 24.3 Å². The molecule has 0 spiro atoms. The highest BCUT2D eigenvalue weighted by atomic mass is 32.2. The van der Waals surface area contributed by atoms with Crippen LogP contribution in [0.5, 0.6) is 0 Å². The molecule has 10 heteroatoms. The zero-order valence-electron chi connectivity index (χ0n) is 18.4. The maximum absolute atomic E-state index is 12.7. The number of thioether (sulfide) groups is 1. The van der Waals surface area contributed by atoms with E-state index in [0.29, 0.717) is 23.2 Å². The number of likely N-dealkylation sites (tertiary alicyclic amines) is 1. The molecule has 2 aliphatic heterocycles. The van der Waals surface area contributed by atoms with Gasteiger partial charge in [-0.2, -0.15) is 0 Å². The van der Waals surface area contributed by atoms with E-state index < -0.39 is 6.03 Å². The molecule has 9 nitrogen and oxygen atoms in total. The average Bonchev–Trinajstić information content (AvgIpc) is 3.15. The monoisotopic (exact) mass is 456 g/mol. The van der Waals surface area contributed by atoms with Gasteiger partial charge in [-0.05, 0) is 50.3 Å². The van der Waals surface area contributed by atoms with Crippen LogP contribution in [-0.2, 0) is 16.0 Å². The SMILES string of the molecule is Cc1ccc(C)c(-n2c(CC3CC(=O)NC(=O)N3)nnc2SCC(=O)N2CCCCC2)c1. The topological polar surface area (TPSA) is 109 Å². The highest BCUT2D eigenvalue weighted by Crippen LogP contribution is 2.27. The molecule has 1 atom stereocenters. The molecule has 4 amide bonds. The van der Waals surface area contributed by atoms with Crippen molar-refractivity contribution in [2.75, 3.05) is 18.8 Å². The van der Waals surface area contributed by atoms with Crippen molar-refractivity contribution in [3.05, 3.63) is 35.2 Å². The Hall–Kier alpha value is -2.88. The number of aryl methyl sites for hydroxylation is 2. The van der Waals surface area contributed by atoms with Gasteiger partial charge in [0.1, 0.15) is 5.82 Å². The van der Waals surface area contributed by atoms with Crippen LogP contribution in [-0.4, -0.2) is 62.4 Å². The van der Waals surface area contributed by atoms with Crippen LogP contribution in [0, 0.1) is 13.8 Å². The van der Waals surface area contributed by atoms with Crippen LogP contribution in [0.25, 0.3) is 5.69 Å². The number of hydrogen-bond acceptors (Lipinski definition) is 6. The Morgan fingerprint density at radius 1 is 1.16 bits per heavy atom. The van der Waals surface area contributed by atoms with E-state index >= 15 is 0 Å². The highest BCUT2D eigenvalue weighted by molar-refractivity contribution is 7.99. The number of piperidine rings is 1. The summed E-state index contributed by atoms with van der Waals surface area (Å²) in [5.74, 6) is 0.749. The molecule has 170 valence electrons. The first-order valence-corrected chi connectivity index (χ1v) is 11.9. The minimum absolute atomic E-state index is 0.114. The number of nitrogens with one attached hydrogen (secondary N) is 2. The summed E-state index contributed by atoms with van der Waals surface area (Å²) in [6.45, 7) is 5.67. The Kier molecular flexibility index (Phi) is 6.78. The van der Waals surface area contributed by atoms with Gasteiger partial charge in [-0.1, -0.05) is 23.9 Å². The minimum atomic E-state index is -0.495. The summed E-state index contributed by atoms with van der Waals surface area (Å²) in [6.07, 6.45) is 3.83. The third-order valence-electron chi connectivity index (χ3n) is 5.79. The minimum Gasteiger partial charge on any atom is -0.342 e. The fourth-order valence-electron chi connectivity index (χ4n) is 4.11. The van der Waals surface area contributed by atoms with E-state index in [0.717, 1.165) is 42.7 Å². The van der Waals surface area contributed by atoms with Gasteiger partial charge in [-0.25, -0.2) is 4.79 Å². The van der Waals surface area contributed by atoms with Crippen molar-refractivity contribution >= 4 is 29.6 Å². The average molecular weight is 457 g/mol. The summed E-state index contributed by atoms with van der Waals surface area (Å²) >= 11 is 1.37. The first-order valence-electron chi connectivity index (χ1n) is 10.9. The quantitative estimate of drug-likeness (QED) is 0.645. The van der Waals surface area contributed by atoms with Gasteiger partial charge in [-0.15, -0.1) is 10.2 Å². The lowest BCUT2D eigenvalue weighted by Crippen LogP contribution is -2.53. The first-order chi connectivity index (χ1) is 15.4. The van der Waals surface area contributed by atoms with Crippen molar-refractivity contribution in [2.45, 2.75) is 57.1 Å². The second kappa shape index (κ2) is 9.72. The van der Waals surface area contributed by atoms with E-state index in [1.165, 1.54) is 18.2 Å².